The van der Waals surface area contributed by atoms with Crippen molar-refractivity contribution in [3.05, 3.63) is 29.3 Å². The van der Waals surface area contributed by atoms with Gasteiger partial charge in [-0.25, -0.2) is 28.9 Å². The molecule has 22 nitrogen and oxygen atoms in total. The first-order chi connectivity index (χ1) is 21.8. The fourth-order valence-electron chi connectivity index (χ4n) is 5.39. The third kappa shape index (κ3) is 5.48. The Kier molecular flexibility index (Phi) is 7.68. The van der Waals surface area contributed by atoms with Gasteiger partial charge in [-0.05, 0) is 0 Å². The molecule has 2 bridgehead atoms. The quantitative estimate of drug-likeness (QED) is 0.133. The standard InChI is InChI=1S/C21H25FN10O12P2/c22-9-13-8(43-19(9)32-5-28-11-17(32)29-21(24)30-18(11)34)2-41-46(37,38)44-14-12(33)7(1-40-45(35,36)6-39-13)42-20(14)31-4-27-10-15(23)25-3-26-16(10)31/h3-5,7-9,12-14,19-20,33H,1-2,6H2,(H,35,36)(H,37,38)(H2,23,25,26)(H3,24,29,30,34)/t7-,8-,9-,12-,13-,14-,19-,20-/m1/s1. The van der Waals surface area contributed by atoms with Crippen LogP contribution in [0.1, 0.15) is 12.5 Å². The molecular weight excluding hydrogens is 665 g/mol. The van der Waals surface area contributed by atoms with Gasteiger partial charge in [-0.2, -0.15) is 4.98 Å². The number of hydrogen-bond acceptors (Lipinski definition) is 17. The molecule has 3 fully saturated rings. The van der Waals surface area contributed by atoms with Crippen LogP contribution in [0.4, 0.5) is 16.2 Å². The van der Waals surface area contributed by atoms with Crippen molar-refractivity contribution in [2.75, 3.05) is 31.0 Å². The summed E-state index contributed by atoms with van der Waals surface area (Å²) in [7, 11) is -9.76. The van der Waals surface area contributed by atoms with Crippen LogP contribution in [-0.4, -0.2) is 110 Å². The number of halogens is 1. The molecule has 7 heterocycles. The minimum absolute atomic E-state index is 0.0146. The number of rotatable bonds is 2. The summed E-state index contributed by atoms with van der Waals surface area (Å²) in [6.45, 7) is -1.59. The monoisotopic (exact) mass is 690 g/mol. The number of anilines is 2. The van der Waals surface area contributed by atoms with Crippen molar-refractivity contribution < 1.29 is 56.2 Å². The zero-order valence-electron chi connectivity index (χ0n) is 23.0. The molecule has 25 heteroatoms. The zero-order chi connectivity index (χ0) is 32.5. The first-order valence-electron chi connectivity index (χ1n) is 13.3. The van der Waals surface area contributed by atoms with Crippen molar-refractivity contribution in [1.29, 1.82) is 0 Å². The molecule has 8 N–H and O–H groups in total. The summed E-state index contributed by atoms with van der Waals surface area (Å²) in [5, 5.41) is 11.0. The molecule has 0 radical (unpaired) electrons. The largest absolute Gasteiger partial charge is 0.472 e. The molecule has 3 aliphatic rings. The topological polar surface area (TPSA) is 309 Å². The van der Waals surface area contributed by atoms with E-state index in [-0.39, 0.29) is 34.1 Å². The predicted octanol–water partition coefficient (Wildman–Crippen LogP) is -1.32. The van der Waals surface area contributed by atoms with E-state index in [1.54, 1.807) is 0 Å². The molecule has 248 valence electrons. The number of phosphoric acid groups is 1. The van der Waals surface area contributed by atoms with Gasteiger partial charge in [0.15, 0.2) is 41.3 Å². The molecule has 46 heavy (non-hydrogen) atoms. The highest BCUT2D eigenvalue weighted by Gasteiger charge is 2.53. The van der Waals surface area contributed by atoms with Crippen molar-refractivity contribution in [2.45, 2.75) is 49.1 Å². The van der Waals surface area contributed by atoms with Gasteiger partial charge >= 0.3 is 15.4 Å². The normalized spacial score (nSPS) is 37.4. The summed E-state index contributed by atoms with van der Waals surface area (Å²) in [5.74, 6) is -0.276. The Labute approximate surface area is 254 Å². The van der Waals surface area contributed by atoms with Crippen molar-refractivity contribution in [3.63, 3.8) is 0 Å². The average Bonchev–Trinajstić information content (AvgIpc) is 3.75. The highest BCUT2D eigenvalue weighted by molar-refractivity contribution is 7.52. The Morgan fingerprint density at radius 3 is 2.41 bits per heavy atom. The lowest BCUT2D eigenvalue weighted by atomic mass is 10.1. The van der Waals surface area contributed by atoms with E-state index in [0.717, 1.165) is 17.2 Å². The summed E-state index contributed by atoms with van der Waals surface area (Å²) in [5.41, 5.74) is 10.7. The van der Waals surface area contributed by atoms with Gasteiger partial charge in [0.1, 0.15) is 48.7 Å². The maximum absolute atomic E-state index is 15.9. The Balaban J connectivity index is 1.20. The molecule has 0 spiro atoms. The number of nitrogens with zero attached hydrogens (tertiary/aromatic N) is 7. The molecule has 0 saturated carbocycles. The first-order valence-corrected chi connectivity index (χ1v) is 16.6. The van der Waals surface area contributed by atoms with Crippen LogP contribution in [0.3, 0.4) is 0 Å². The SMILES string of the molecule is Nc1nc2c(ncn2[C@@H]2O[C@@H]3COP(=O)(O)O[C@@H]4[C@H](O)[C@@H](COP(=O)(O)CO[C@H]3[C@H]2F)O[C@H]4n2cnc3c(N)ncnc32)c(=O)[nH]1. The second-order valence-corrected chi connectivity index (χ2v) is 13.6. The number of H-pyrrole nitrogens is 1. The van der Waals surface area contributed by atoms with Crippen LogP contribution >= 0.6 is 15.4 Å². The van der Waals surface area contributed by atoms with Gasteiger partial charge in [0, 0.05) is 0 Å². The van der Waals surface area contributed by atoms with Crippen LogP contribution in [0.2, 0.25) is 0 Å². The number of aliphatic hydroxyl groups excluding tert-OH is 1. The zero-order valence-corrected chi connectivity index (χ0v) is 24.8. The van der Waals surface area contributed by atoms with E-state index in [1.165, 1.54) is 10.9 Å². The van der Waals surface area contributed by atoms with E-state index < -0.39 is 89.7 Å². The molecule has 7 rings (SSSR count). The van der Waals surface area contributed by atoms with Gasteiger partial charge in [0.05, 0.1) is 25.9 Å². The minimum Gasteiger partial charge on any atom is -0.387 e. The van der Waals surface area contributed by atoms with Crippen molar-refractivity contribution in [1.82, 2.24) is 39.0 Å². The smallest absolute Gasteiger partial charge is 0.387 e. The highest BCUT2D eigenvalue weighted by Crippen LogP contribution is 2.52. The number of hydrogen-bond donors (Lipinski definition) is 6. The Bertz CT molecular complexity index is 1960. The molecular formula is C21H25FN10O12P2. The molecule has 4 aromatic heterocycles. The van der Waals surface area contributed by atoms with Crippen molar-refractivity contribution >= 4 is 49.5 Å². The van der Waals surface area contributed by atoms with Gasteiger partial charge in [0.25, 0.3) is 5.56 Å². The fourth-order valence-corrected chi connectivity index (χ4v) is 7.14. The Morgan fingerprint density at radius 2 is 1.63 bits per heavy atom. The number of nitrogens with two attached hydrogens (primary N) is 2. The third-order valence-electron chi connectivity index (χ3n) is 7.49. The van der Waals surface area contributed by atoms with Crippen LogP contribution in [0.25, 0.3) is 22.3 Å². The fraction of sp³-hybridized carbons (Fsp3) is 0.524. The summed E-state index contributed by atoms with van der Waals surface area (Å²) in [6, 6.07) is 0. The third-order valence-corrected chi connectivity index (χ3v) is 9.51. The molecule has 0 amide bonds. The van der Waals surface area contributed by atoms with E-state index in [0.29, 0.717) is 0 Å². The lowest BCUT2D eigenvalue weighted by Gasteiger charge is -2.26. The number of aromatic amines is 1. The van der Waals surface area contributed by atoms with Crippen LogP contribution in [0.5, 0.6) is 0 Å². The number of nitrogen functional groups attached to an aromatic ring is 2. The number of nitrogens with one attached hydrogen (secondary N) is 1. The first kappa shape index (κ1) is 31.1. The molecule has 10 atom stereocenters. The van der Waals surface area contributed by atoms with Gasteiger partial charge in [-0.1, -0.05) is 0 Å². The van der Waals surface area contributed by atoms with E-state index >= 15 is 4.39 Å². The lowest BCUT2D eigenvalue weighted by molar-refractivity contribution is -0.0631. The molecule has 3 aliphatic heterocycles. The number of alkyl halides is 1. The van der Waals surface area contributed by atoms with Crippen LogP contribution in [0.15, 0.2) is 23.8 Å². The number of aromatic nitrogens is 8. The summed E-state index contributed by atoms with van der Waals surface area (Å²) >= 11 is 0. The molecule has 2 unspecified atom stereocenters. The second-order valence-electron chi connectivity index (χ2n) is 10.5. The van der Waals surface area contributed by atoms with Gasteiger partial charge in [-0.15, -0.1) is 0 Å². The number of aliphatic hydroxyl groups is 1. The van der Waals surface area contributed by atoms with Gasteiger partial charge in [0.2, 0.25) is 5.95 Å². The maximum atomic E-state index is 15.9. The molecule has 4 aromatic rings. The maximum Gasteiger partial charge on any atom is 0.472 e. The van der Waals surface area contributed by atoms with E-state index in [9.17, 15) is 28.8 Å². The van der Waals surface area contributed by atoms with Crippen molar-refractivity contribution in [3.8, 4) is 0 Å². The van der Waals surface area contributed by atoms with E-state index in [1.807, 2.05) is 0 Å². The number of imidazole rings is 2. The van der Waals surface area contributed by atoms with Crippen LogP contribution < -0.4 is 17.0 Å². The van der Waals surface area contributed by atoms with E-state index in [2.05, 4.69) is 29.9 Å². The highest BCUT2D eigenvalue weighted by atomic mass is 31.2. The van der Waals surface area contributed by atoms with Crippen molar-refractivity contribution in [2.24, 2.45) is 0 Å². The molecule has 3 saturated heterocycles. The number of ether oxygens (including phenoxy) is 3. The minimum atomic E-state index is -5.11. The summed E-state index contributed by atoms with van der Waals surface area (Å²) in [4.78, 5) is 55.6. The summed E-state index contributed by atoms with van der Waals surface area (Å²) in [6.07, 6.45) is -10.8. The molecule has 0 aromatic carbocycles. The number of fused-ring (bicyclic) bond motifs is 5. The average molecular weight is 690 g/mol. The summed E-state index contributed by atoms with van der Waals surface area (Å²) < 4.78 is 77.0. The van der Waals surface area contributed by atoms with E-state index in [4.69, 9.17) is 39.2 Å². The molecule has 0 aliphatic carbocycles. The van der Waals surface area contributed by atoms with Gasteiger partial charge < -0.3 is 45.1 Å². The lowest BCUT2D eigenvalue weighted by Crippen LogP contribution is -2.37. The van der Waals surface area contributed by atoms with Crippen LogP contribution in [0, 0.1) is 0 Å². The Morgan fingerprint density at radius 1 is 0.935 bits per heavy atom. The predicted molar refractivity (Wildman–Crippen MR) is 147 cm³/mol. The Hall–Kier alpha value is -3.47. The number of phosphoric ester groups is 1. The van der Waals surface area contributed by atoms with Gasteiger partial charge in [-0.3, -0.25) is 32.5 Å². The van der Waals surface area contributed by atoms with Crippen LogP contribution in [-0.2, 0) is 36.9 Å². The second kappa shape index (κ2) is 11.3.